The Kier molecular flexibility index (Phi) is 6.95. The van der Waals surface area contributed by atoms with Gasteiger partial charge in [0.2, 0.25) is 0 Å². The van der Waals surface area contributed by atoms with Crippen LogP contribution in [0.5, 0.6) is 0 Å². The molecule has 7 heteroatoms. The van der Waals surface area contributed by atoms with E-state index in [2.05, 4.69) is 22.1 Å². The fourth-order valence-electron chi connectivity index (χ4n) is 2.96. The van der Waals surface area contributed by atoms with Gasteiger partial charge in [0, 0.05) is 12.1 Å². The Morgan fingerprint density at radius 2 is 1.77 bits per heavy atom. The Morgan fingerprint density at radius 1 is 1.07 bits per heavy atom. The van der Waals surface area contributed by atoms with Crippen LogP contribution in [0.1, 0.15) is 42.1 Å². The molecular formula is C23H26N4O3. The fourth-order valence-corrected chi connectivity index (χ4v) is 2.96. The number of benzene rings is 2. The van der Waals surface area contributed by atoms with Crippen LogP contribution in [0.2, 0.25) is 0 Å². The molecule has 0 saturated heterocycles. The molecule has 0 aliphatic carbocycles. The third-order valence-electron chi connectivity index (χ3n) is 4.59. The van der Waals surface area contributed by atoms with Crippen molar-refractivity contribution in [1.82, 2.24) is 20.3 Å². The summed E-state index contributed by atoms with van der Waals surface area (Å²) < 4.78 is 5.06. The number of unbranched alkanes of at least 4 members (excludes halogenated alkanes) is 2. The van der Waals surface area contributed by atoms with Gasteiger partial charge in [-0.3, -0.25) is 4.79 Å². The summed E-state index contributed by atoms with van der Waals surface area (Å²) in [7, 11) is 0. The van der Waals surface area contributed by atoms with Crippen LogP contribution >= 0.6 is 0 Å². The molecule has 0 aliphatic heterocycles. The molecule has 7 nitrogen and oxygen atoms in total. The average molecular weight is 406 g/mol. The van der Waals surface area contributed by atoms with Crippen molar-refractivity contribution in [2.24, 2.45) is 0 Å². The predicted octanol–water partition coefficient (Wildman–Crippen LogP) is 3.75. The van der Waals surface area contributed by atoms with E-state index in [1.165, 1.54) is 4.80 Å². The molecule has 1 amide bonds. The summed E-state index contributed by atoms with van der Waals surface area (Å²) in [5.74, 6) is -0.532. The van der Waals surface area contributed by atoms with Crippen LogP contribution in [0.4, 0.5) is 0 Å². The molecule has 0 fully saturated rings. The molecule has 0 aliphatic rings. The smallest absolute Gasteiger partial charge is 0.333 e. The van der Waals surface area contributed by atoms with Crippen molar-refractivity contribution < 1.29 is 14.3 Å². The zero-order chi connectivity index (χ0) is 21.5. The lowest BCUT2D eigenvalue weighted by atomic mass is 10.1. The number of aryl methyl sites for hydroxylation is 1. The Bertz CT molecular complexity index is 1040. The minimum atomic E-state index is -0.366. The zero-order valence-electron chi connectivity index (χ0n) is 17.4. The Labute approximate surface area is 175 Å². The first-order valence-electron chi connectivity index (χ1n) is 9.99. The van der Waals surface area contributed by atoms with Crippen LogP contribution in [-0.2, 0) is 9.53 Å². The second kappa shape index (κ2) is 9.82. The fraction of sp³-hybridized carbons (Fsp3) is 0.304. The van der Waals surface area contributed by atoms with E-state index in [9.17, 15) is 9.59 Å². The third-order valence-corrected chi connectivity index (χ3v) is 4.59. The predicted molar refractivity (Wildman–Crippen MR) is 116 cm³/mol. The van der Waals surface area contributed by atoms with Crippen LogP contribution in [0.3, 0.4) is 0 Å². The number of ether oxygens (including phenoxy) is 1. The normalized spacial score (nSPS) is 10.7. The van der Waals surface area contributed by atoms with Gasteiger partial charge in [0.25, 0.3) is 5.91 Å². The van der Waals surface area contributed by atoms with E-state index in [0.29, 0.717) is 30.0 Å². The minimum absolute atomic E-state index is 0.167. The maximum atomic E-state index is 12.8. The number of amides is 1. The lowest BCUT2D eigenvalue weighted by Gasteiger charge is -2.10. The number of carbonyl (C=O) groups is 2. The standard InChI is InChI=1S/C23H26N4O3/c1-16(2)23(29)30-14-8-4-7-13-24-22(28)18-12-11-17(3)15-21(18)27-25-19-9-5-6-10-20(19)26-27/h5-6,9-12,15H,1,4,7-8,13-14H2,2-3H3,(H,24,28). The summed E-state index contributed by atoms with van der Waals surface area (Å²) in [6, 6.07) is 13.2. The molecule has 3 rings (SSSR count). The van der Waals surface area contributed by atoms with Gasteiger partial charge in [-0.2, -0.15) is 0 Å². The van der Waals surface area contributed by atoms with Gasteiger partial charge in [0.1, 0.15) is 11.0 Å². The highest BCUT2D eigenvalue weighted by Gasteiger charge is 2.15. The molecule has 3 aromatic rings. The molecule has 156 valence electrons. The Hall–Kier alpha value is -3.48. The van der Waals surface area contributed by atoms with Gasteiger partial charge in [-0.15, -0.1) is 15.0 Å². The molecular weight excluding hydrogens is 380 g/mol. The number of nitrogens with one attached hydrogen (secondary N) is 1. The van der Waals surface area contributed by atoms with Crippen LogP contribution < -0.4 is 5.32 Å². The van der Waals surface area contributed by atoms with Gasteiger partial charge in [0.15, 0.2) is 0 Å². The van der Waals surface area contributed by atoms with Gasteiger partial charge in [-0.05, 0) is 62.9 Å². The molecule has 0 atom stereocenters. The number of rotatable bonds is 9. The van der Waals surface area contributed by atoms with Crippen molar-refractivity contribution >= 4 is 22.9 Å². The Morgan fingerprint density at radius 3 is 2.43 bits per heavy atom. The molecule has 0 saturated carbocycles. The molecule has 1 aromatic heterocycles. The number of aromatic nitrogens is 3. The van der Waals surface area contributed by atoms with Gasteiger partial charge in [-0.1, -0.05) is 24.8 Å². The summed E-state index contributed by atoms with van der Waals surface area (Å²) in [4.78, 5) is 25.6. The number of esters is 1. The van der Waals surface area contributed by atoms with Gasteiger partial charge < -0.3 is 10.1 Å². The number of hydrogen-bond acceptors (Lipinski definition) is 5. The molecule has 0 unspecified atom stereocenters. The summed E-state index contributed by atoms with van der Waals surface area (Å²) in [6.45, 7) is 8.03. The van der Waals surface area contributed by atoms with Gasteiger partial charge in [-0.25, -0.2) is 4.79 Å². The first kappa shape index (κ1) is 21.2. The SMILES string of the molecule is C=C(C)C(=O)OCCCCCNC(=O)c1ccc(C)cc1-n1nc2ccccc2n1. The highest BCUT2D eigenvalue weighted by atomic mass is 16.5. The van der Waals surface area contributed by atoms with E-state index >= 15 is 0 Å². The molecule has 30 heavy (non-hydrogen) atoms. The van der Waals surface area contributed by atoms with Crippen molar-refractivity contribution in [3.8, 4) is 5.69 Å². The maximum absolute atomic E-state index is 12.8. The largest absolute Gasteiger partial charge is 0.462 e. The second-order valence-corrected chi connectivity index (χ2v) is 7.23. The van der Waals surface area contributed by atoms with Crippen LogP contribution in [0.25, 0.3) is 16.7 Å². The first-order chi connectivity index (χ1) is 14.5. The Balaban J connectivity index is 1.57. The minimum Gasteiger partial charge on any atom is -0.462 e. The van der Waals surface area contributed by atoms with Crippen molar-refractivity contribution in [3.05, 3.63) is 65.7 Å². The van der Waals surface area contributed by atoms with E-state index in [4.69, 9.17) is 4.74 Å². The lowest BCUT2D eigenvalue weighted by Crippen LogP contribution is -2.26. The van der Waals surface area contributed by atoms with Crippen LogP contribution in [0.15, 0.2) is 54.6 Å². The molecule has 1 heterocycles. The summed E-state index contributed by atoms with van der Waals surface area (Å²) >= 11 is 0. The van der Waals surface area contributed by atoms with E-state index in [1.54, 1.807) is 13.0 Å². The van der Waals surface area contributed by atoms with Crippen molar-refractivity contribution in [2.45, 2.75) is 33.1 Å². The van der Waals surface area contributed by atoms with Gasteiger partial charge >= 0.3 is 5.97 Å². The van der Waals surface area contributed by atoms with Gasteiger partial charge in [0.05, 0.1) is 17.9 Å². The molecule has 0 radical (unpaired) electrons. The zero-order valence-corrected chi connectivity index (χ0v) is 17.4. The summed E-state index contributed by atoms with van der Waals surface area (Å²) in [5.41, 5.74) is 4.14. The monoisotopic (exact) mass is 406 g/mol. The first-order valence-corrected chi connectivity index (χ1v) is 9.99. The molecule has 0 bridgehead atoms. The van der Waals surface area contributed by atoms with E-state index in [-0.39, 0.29) is 11.9 Å². The summed E-state index contributed by atoms with van der Waals surface area (Å²) in [5, 5.41) is 12.0. The summed E-state index contributed by atoms with van der Waals surface area (Å²) in [6.07, 6.45) is 2.38. The number of fused-ring (bicyclic) bond motifs is 1. The van der Waals surface area contributed by atoms with Crippen molar-refractivity contribution in [3.63, 3.8) is 0 Å². The number of hydrogen-bond donors (Lipinski definition) is 1. The van der Waals surface area contributed by atoms with E-state index in [1.807, 2.05) is 43.3 Å². The van der Waals surface area contributed by atoms with Crippen LogP contribution in [-0.4, -0.2) is 40.0 Å². The highest BCUT2D eigenvalue weighted by Crippen LogP contribution is 2.18. The molecule has 2 aromatic carbocycles. The van der Waals surface area contributed by atoms with Crippen molar-refractivity contribution in [1.29, 1.82) is 0 Å². The quantitative estimate of drug-likeness (QED) is 0.332. The highest BCUT2D eigenvalue weighted by molar-refractivity contribution is 5.97. The topological polar surface area (TPSA) is 86.1 Å². The van der Waals surface area contributed by atoms with Crippen LogP contribution in [0, 0.1) is 6.92 Å². The second-order valence-electron chi connectivity index (χ2n) is 7.23. The van der Waals surface area contributed by atoms with E-state index in [0.717, 1.165) is 35.9 Å². The number of carbonyl (C=O) groups excluding carboxylic acids is 2. The van der Waals surface area contributed by atoms with E-state index < -0.39 is 0 Å². The maximum Gasteiger partial charge on any atom is 0.333 e. The average Bonchev–Trinajstić information content (AvgIpc) is 3.16. The molecule has 1 N–H and O–H groups in total. The van der Waals surface area contributed by atoms with Crippen molar-refractivity contribution in [2.75, 3.05) is 13.2 Å². The molecule has 0 spiro atoms. The third kappa shape index (κ3) is 5.31. The number of nitrogens with zero attached hydrogens (tertiary/aromatic N) is 3. The lowest BCUT2D eigenvalue weighted by molar-refractivity contribution is -0.139.